The molecule has 0 bridgehead atoms. The van der Waals surface area contributed by atoms with E-state index in [0.29, 0.717) is 11.7 Å². The summed E-state index contributed by atoms with van der Waals surface area (Å²) in [4.78, 5) is 9.37. The van der Waals surface area contributed by atoms with Crippen molar-refractivity contribution in [2.75, 3.05) is 44.7 Å². The number of aryl methyl sites for hydroxylation is 1. The van der Waals surface area contributed by atoms with Crippen molar-refractivity contribution in [3.8, 4) is 5.75 Å². The second kappa shape index (κ2) is 8.44. The number of hydrogen-bond acceptors (Lipinski definition) is 6. The van der Waals surface area contributed by atoms with Crippen molar-refractivity contribution in [1.82, 2.24) is 15.0 Å². The molecule has 1 unspecified atom stereocenters. The Labute approximate surface area is 165 Å². The molecule has 1 fully saturated rings. The molecule has 0 spiro atoms. The number of methoxy groups -OCH3 is 1. The third kappa shape index (κ3) is 4.02. The van der Waals surface area contributed by atoms with E-state index in [1.807, 2.05) is 25.1 Å². The summed E-state index contributed by atoms with van der Waals surface area (Å²) in [5, 5.41) is 4.00. The number of nitrogens with zero attached hydrogens (tertiary/aromatic N) is 4. The molecule has 0 radical (unpaired) electrons. The number of hydrogen-bond donors (Lipinski definition) is 0. The molecule has 0 N–H and O–H groups in total. The highest BCUT2D eigenvalue weighted by atomic mass is 16.5. The molecule has 6 nitrogen and oxygen atoms in total. The van der Waals surface area contributed by atoms with Crippen molar-refractivity contribution >= 4 is 5.69 Å². The van der Waals surface area contributed by atoms with Gasteiger partial charge in [0, 0.05) is 32.7 Å². The van der Waals surface area contributed by atoms with Crippen LogP contribution in [0.3, 0.4) is 0 Å². The van der Waals surface area contributed by atoms with Gasteiger partial charge in [-0.2, -0.15) is 4.98 Å². The van der Waals surface area contributed by atoms with E-state index in [4.69, 9.17) is 9.26 Å². The van der Waals surface area contributed by atoms with Crippen LogP contribution in [0.2, 0.25) is 0 Å². The Kier molecular flexibility index (Phi) is 5.58. The first-order valence-electron chi connectivity index (χ1n) is 9.70. The fraction of sp³-hybridized carbons (Fsp3) is 0.364. The fourth-order valence-electron chi connectivity index (χ4n) is 3.79. The van der Waals surface area contributed by atoms with Gasteiger partial charge in [-0.05, 0) is 24.6 Å². The van der Waals surface area contributed by atoms with Crippen LogP contribution in [0.25, 0.3) is 0 Å². The molecule has 1 saturated heterocycles. The summed E-state index contributed by atoms with van der Waals surface area (Å²) in [6.07, 6.45) is 0. The average molecular weight is 378 g/mol. The maximum Gasteiger partial charge on any atom is 0.235 e. The molecule has 0 aliphatic carbocycles. The molecule has 0 saturated carbocycles. The van der Waals surface area contributed by atoms with Crippen LogP contribution in [-0.2, 0) is 0 Å². The fourth-order valence-corrected chi connectivity index (χ4v) is 3.79. The molecular formula is C22H26N4O2. The third-order valence-electron chi connectivity index (χ3n) is 5.28. The lowest BCUT2D eigenvalue weighted by molar-refractivity contribution is 0.234. The van der Waals surface area contributed by atoms with Gasteiger partial charge in [0.2, 0.25) is 5.89 Å². The van der Waals surface area contributed by atoms with E-state index in [9.17, 15) is 0 Å². The van der Waals surface area contributed by atoms with Crippen molar-refractivity contribution in [2.45, 2.75) is 12.8 Å². The zero-order chi connectivity index (χ0) is 19.3. The second-order valence-electron chi connectivity index (χ2n) is 7.10. The molecule has 1 aliphatic heterocycles. The summed E-state index contributed by atoms with van der Waals surface area (Å²) in [7, 11) is 1.73. The lowest BCUT2D eigenvalue weighted by atomic mass is 9.98. The minimum absolute atomic E-state index is 0.0835. The first-order valence-corrected chi connectivity index (χ1v) is 9.70. The average Bonchev–Trinajstić information content (AvgIpc) is 3.19. The Morgan fingerprint density at radius 2 is 1.71 bits per heavy atom. The molecule has 28 heavy (non-hydrogen) atoms. The predicted molar refractivity (Wildman–Crippen MR) is 109 cm³/mol. The third-order valence-corrected chi connectivity index (χ3v) is 5.28. The van der Waals surface area contributed by atoms with Gasteiger partial charge in [-0.25, -0.2) is 0 Å². The normalized spacial score (nSPS) is 16.1. The zero-order valence-corrected chi connectivity index (χ0v) is 16.4. The van der Waals surface area contributed by atoms with Gasteiger partial charge in [0.25, 0.3) is 0 Å². The van der Waals surface area contributed by atoms with E-state index >= 15 is 0 Å². The van der Waals surface area contributed by atoms with Crippen LogP contribution in [0.5, 0.6) is 5.75 Å². The van der Waals surface area contributed by atoms with Gasteiger partial charge in [0.1, 0.15) is 5.75 Å². The summed E-state index contributed by atoms with van der Waals surface area (Å²) in [5.41, 5.74) is 2.37. The molecule has 6 heteroatoms. The quantitative estimate of drug-likeness (QED) is 0.656. The van der Waals surface area contributed by atoms with Gasteiger partial charge in [-0.15, -0.1) is 0 Å². The van der Waals surface area contributed by atoms with Crippen LogP contribution in [0.1, 0.15) is 23.2 Å². The Bertz CT molecular complexity index is 888. The van der Waals surface area contributed by atoms with Crippen LogP contribution in [0, 0.1) is 6.92 Å². The summed E-state index contributed by atoms with van der Waals surface area (Å²) in [6.45, 7) is 6.62. The number of aromatic nitrogens is 2. The van der Waals surface area contributed by atoms with Crippen LogP contribution in [-0.4, -0.2) is 54.9 Å². The van der Waals surface area contributed by atoms with E-state index in [2.05, 4.69) is 56.3 Å². The predicted octanol–water partition coefficient (Wildman–Crippen LogP) is 3.34. The van der Waals surface area contributed by atoms with Gasteiger partial charge in [0.15, 0.2) is 5.82 Å². The van der Waals surface area contributed by atoms with E-state index in [0.717, 1.165) is 44.2 Å². The van der Waals surface area contributed by atoms with Crippen molar-refractivity contribution in [3.63, 3.8) is 0 Å². The number of para-hydroxylation sites is 2. The van der Waals surface area contributed by atoms with Crippen LogP contribution >= 0.6 is 0 Å². The molecular weight excluding hydrogens is 352 g/mol. The molecule has 1 atom stereocenters. The lowest BCUT2D eigenvalue weighted by Crippen LogP contribution is -2.47. The topological polar surface area (TPSA) is 54.6 Å². The molecule has 3 aromatic rings. The van der Waals surface area contributed by atoms with E-state index in [-0.39, 0.29) is 5.92 Å². The van der Waals surface area contributed by atoms with Crippen molar-refractivity contribution in [3.05, 3.63) is 71.9 Å². The standard InChI is InChI=1S/C22H26N4O2/c1-17-23-22(28-24-17)19(18-8-4-3-5-9-18)16-25-12-14-26(15-13-25)20-10-6-7-11-21(20)27-2/h3-11,19H,12-16H2,1-2H3. The van der Waals surface area contributed by atoms with E-state index in [1.165, 1.54) is 5.56 Å². The first-order chi connectivity index (χ1) is 13.7. The van der Waals surface area contributed by atoms with Gasteiger partial charge in [-0.1, -0.05) is 47.6 Å². The molecule has 1 aliphatic rings. The minimum Gasteiger partial charge on any atom is -0.495 e. The first kappa shape index (κ1) is 18.5. The summed E-state index contributed by atoms with van der Waals surface area (Å²) in [6, 6.07) is 18.6. The number of anilines is 1. The zero-order valence-electron chi connectivity index (χ0n) is 16.4. The summed E-state index contributed by atoms with van der Waals surface area (Å²) >= 11 is 0. The largest absolute Gasteiger partial charge is 0.495 e. The summed E-state index contributed by atoms with van der Waals surface area (Å²) in [5.74, 6) is 2.38. The highest BCUT2D eigenvalue weighted by Crippen LogP contribution is 2.29. The Hall–Kier alpha value is -2.86. The Morgan fingerprint density at radius 3 is 2.39 bits per heavy atom. The van der Waals surface area contributed by atoms with Gasteiger partial charge < -0.3 is 14.2 Å². The maximum absolute atomic E-state index is 5.53. The number of piperazine rings is 1. The minimum atomic E-state index is 0.0835. The van der Waals surface area contributed by atoms with Gasteiger partial charge in [0.05, 0.1) is 18.7 Å². The van der Waals surface area contributed by atoms with Gasteiger partial charge >= 0.3 is 0 Å². The Balaban J connectivity index is 1.46. The smallest absolute Gasteiger partial charge is 0.235 e. The molecule has 1 aromatic heterocycles. The van der Waals surface area contributed by atoms with Crippen LogP contribution < -0.4 is 9.64 Å². The van der Waals surface area contributed by atoms with E-state index < -0.39 is 0 Å². The van der Waals surface area contributed by atoms with E-state index in [1.54, 1.807) is 7.11 Å². The van der Waals surface area contributed by atoms with Crippen LogP contribution in [0.15, 0.2) is 59.1 Å². The molecule has 2 heterocycles. The molecule has 146 valence electrons. The monoisotopic (exact) mass is 378 g/mol. The number of rotatable bonds is 6. The maximum atomic E-state index is 5.53. The second-order valence-corrected chi connectivity index (χ2v) is 7.10. The molecule has 0 amide bonds. The lowest BCUT2D eigenvalue weighted by Gasteiger charge is -2.37. The molecule has 2 aromatic carbocycles. The number of benzene rings is 2. The van der Waals surface area contributed by atoms with Crippen molar-refractivity contribution in [2.24, 2.45) is 0 Å². The molecule has 4 rings (SSSR count). The van der Waals surface area contributed by atoms with Gasteiger partial charge in [-0.3, -0.25) is 4.90 Å². The van der Waals surface area contributed by atoms with Crippen molar-refractivity contribution < 1.29 is 9.26 Å². The highest BCUT2D eigenvalue weighted by Gasteiger charge is 2.26. The Morgan fingerprint density at radius 1 is 1.00 bits per heavy atom. The number of ether oxygens (including phenoxy) is 1. The van der Waals surface area contributed by atoms with Crippen molar-refractivity contribution in [1.29, 1.82) is 0 Å². The summed E-state index contributed by atoms with van der Waals surface area (Å²) < 4.78 is 11.1. The highest BCUT2D eigenvalue weighted by molar-refractivity contribution is 5.58. The SMILES string of the molecule is COc1ccccc1N1CCN(CC(c2ccccc2)c2nc(C)no2)CC1. The van der Waals surface area contributed by atoms with Crippen LogP contribution in [0.4, 0.5) is 5.69 Å².